The predicted molar refractivity (Wildman–Crippen MR) is 62.2 cm³/mol. The lowest BCUT2D eigenvalue weighted by Crippen LogP contribution is -2.00. The SMILES string of the molecule is CC(C)Cc1cccc(OCCCO)c1. The van der Waals surface area contributed by atoms with E-state index in [9.17, 15) is 0 Å². The highest BCUT2D eigenvalue weighted by Crippen LogP contribution is 2.16. The summed E-state index contributed by atoms with van der Waals surface area (Å²) in [5.74, 6) is 1.57. The van der Waals surface area contributed by atoms with Crippen LogP contribution < -0.4 is 4.74 Å². The number of hydrogen-bond acceptors (Lipinski definition) is 2. The van der Waals surface area contributed by atoms with Gasteiger partial charge in [0.25, 0.3) is 0 Å². The highest BCUT2D eigenvalue weighted by atomic mass is 16.5. The van der Waals surface area contributed by atoms with E-state index in [0.717, 1.165) is 12.2 Å². The van der Waals surface area contributed by atoms with Crippen LogP contribution >= 0.6 is 0 Å². The molecule has 0 radical (unpaired) electrons. The van der Waals surface area contributed by atoms with Gasteiger partial charge in [0.05, 0.1) is 6.61 Å². The van der Waals surface area contributed by atoms with Gasteiger partial charge in [0, 0.05) is 13.0 Å². The van der Waals surface area contributed by atoms with E-state index in [1.807, 2.05) is 12.1 Å². The molecule has 0 amide bonds. The van der Waals surface area contributed by atoms with Gasteiger partial charge in [-0.3, -0.25) is 0 Å². The van der Waals surface area contributed by atoms with Crippen molar-refractivity contribution in [2.24, 2.45) is 5.92 Å². The molecule has 84 valence electrons. The maximum atomic E-state index is 8.64. The van der Waals surface area contributed by atoms with E-state index in [1.165, 1.54) is 5.56 Å². The lowest BCUT2D eigenvalue weighted by molar-refractivity contribution is 0.233. The number of aliphatic hydroxyl groups excluding tert-OH is 1. The Labute approximate surface area is 91.9 Å². The molecule has 1 aromatic rings. The van der Waals surface area contributed by atoms with E-state index in [-0.39, 0.29) is 6.61 Å². The van der Waals surface area contributed by atoms with Gasteiger partial charge in [0.1, 0.15) is 5.75 Å². The number of rotatable bonds is 6. The van der Waals surface area contributed by atoms with Crippen molar-refractivity contribution in [3.05, 3.63) is 29.8 Å². The third-order valence-corrected chi connectivity index (χ3v) is 2.11. The fourth-order valence-corrected chi connectivity index (χ4v) is 1.49. The summed E-state index contributed by atoms with van der Waals surface area (Å²) in [4.78, 5) is 0. The molecule has 0 bridgehead atoms. The second kappa shape index (κ2) is 6.46. The van der Waals surface area contributed by atoms with Crippen molar-refractivity contribution in [1.29, 1.82) is 0 Å². The van der Waals surface area contributed by atoms with Crippen LogP contribution in [-0.2, 0) is 6.42 Å². The Balaban J connectivity index is 2.50. The Morgan fingerprint density at radius 1 is 1.33 bits per heavy atom. The van der Waals surface area contributed by atoms with Crippen LogP contribution in [0.2, 0.25) is 0 Å². The Hall–Kier alpha value is -1.02. The third kappa shape index (κ3) is 4.84. The first-order valence-electron chi connectivity index (χ1n) is 5.55. The molecule has 1 rings (SSSR count). The van der Waals surface area contributed by atoms with E-state index in [2.05, 4.69) is 26.0 Å². The first-order valence-corrected chi connectivity index (χ1v) is 5.55. The smallest absolute Gasteiger partial charge is 0.119 e. The van der Waals surface area contributed by atoms with Crippen LogP contribution in [0.15, 0.2) is 24.3 Å². The van der Waals surface area contributed by atoms with Crippen molar-refractivity contribution in [2.45, 2.75) is 26.7 Å². The lowest BCUT2D eigenvalue weighted by atomic mass is 10.0. The van der Waals surface area contributed by atoms with E-state index >= 15 is 0 Å². The zero-order chi connectivity index (χ0) is 11.1. The molecule has 1 N–H and O–H groups in total. The summed E-state index contributed by atoms with van der Waals surface area (Å²) < 4.78 is 5.51. The summed E-state index contributed by atoms with van der Waals surface area (Å²) in [6, 6.07) is 8.18. The first-order chi connectivity index (χ1) is 7.22. The normalized spacial score (nSPS) is 10.7. The quantitative estimate of drug-likeness (QED) is 0.728. The minimum atomic E-state index is 0.186. The number of aliphatic hydroxyl groups is 1. The average molecular weight is 208 g/mol. The van der Waals surface area contributed by atoms with Crippen LogP contribution in [0.4, 0.5) is 0 Å². The van der Waals surface area contributed by atoms with Gasteiger partial charge in [-0.2, -0.15) is 0 Å². The molecule has 2 heteroatoms. The monoisotopic (exact) mass is 208 g/mol. The largest absolute Gasteiger partial charge is 0.493 e. The molecule has 0 heterocycles. The van der Waals surface area contributed by atoms with Crippen molar-refractivity contribution >= 4 is 0 Å². The summed E-state index contributed by atoms with van der Waals surface area (Å²) in [6.45, 7) is 5.19. The van der Waals surface area contributed by atoms with E-state index in [0.29, 0.717) is 18.9 Å². The van der Waals surface area contributed by atoms with Gasteiger partial charge in [0.15, 0.2) is 0 Å². The Morgan fingerprint density at radius 3 is 2.80 bits per heavy atom. The summed E-state index contributed by atoms with van der Waals surface area (Å²) in [5.41, 5.74) is 1.31. The molecule has 15 heavy (non-hydrogen) atoms. The molecular weight excluding hydrogens is 188 g/mol. The molecule has 0 spiro atoms. The highest BCUT2D eigenvalue weighted by molar-refractivity contribution is 5.28. The van der Waals surface area contributed by atoms with Gasteiger partial charge < -0.3 is 9.84 Å². The van der Waals surface area contributed by atoms with E-state index in [4.69, 9.17) is 9.84 Å². The molecule has 0 saturated heterocycles. The van der Waals surface area contributed by atoms with Crippen molar-refractivity contribution in [1.82, 2.24) is 0 Å². The molecule has 0 atom stereocenters. The molecule has 0 aliphatic heterocycles. The zero-order valence-corrected chi connectivity index (χ0v) is 9.57. The molecule has 0 unspecified atom stereocenters. The third-order valence-electron chi connectivity index (χ3n) is 2.11. The predicted octanol–water partition coefficient (Wildman–Crippen LogP) is 2.65. The molecule has 0 saturated carbocycles. The van der Waals surface area contributed by atoms with Gasteiger partial charge in [-0.1, -0.05) is 26.0 Å². The fourth-order valence-electron chi connectivity index (χ4n) is 1.49. The van der Waals surface area contributed by atoms with E-state index in [1.54, 1.807) is 0 Å². The fraction of sp³-hybridized carbons (Fsp3) is 0.538. The summed E-state index contributed by atoms with van der Waals surface area (Å²) in [5, 5.41) is 8.64. The molecule has 0 fully saturated rings. The highest BCUT2D eigenvalue weighted by Gasteiger charge is 1.99. The summed E-state index contributed by atoms with van der Waals surface area (Å²) in [7, 11) is 0. The lowest BCUT2D eigenvalue weighted by Gasteiger charge is -2.08. The van der Waals surface area contributed by atoms with Crippen molar-refractivity contribution < 1.29 is 9.84 Å². The van der Waals surface area contributed by atoms with Crippen LogP contribution in [0.25, 0.3) is 0 Å². The minimum absolute atomic E-state index is 0.186. The van der Waals surface area contributed by atoms with Gasteiger partial charge in [-0.15, -0.1) is 0 Å². The van der Waals surface area contributed by atoms with Crippen LogP contribution in [0.3, 0.4) is 0 Å². The van der Waals surface area contributed by atoms with Crippen LogP contribution in [0.5, 0.6) is 5.75 Å². The average Bonchev–Trinajstić information content (AvgIpc) is 2.18. The Kier molecular flexibility index (Phi) is 5.19. The summed E-state index contributed by atoms with van der Waals surface area (Å²) in [6.07, 6.45) is 1.77. The van der Waals surface area contributed by atoms with Crippen LogP contribution in [-0.4, -0.2) is 18.3 Å². The molecule has 0 aliphatic rings. The Morgan fingerprint density at radius 2 is 2.13 bits per heavy atom. The van der Waals surface area contributed by atoms with Gasteiger partial charge >= 0.3 is 0 Å². The second-order valence-corrected chi connectivity index (χ2v) is 4.17. The van der Waals surface area contributed by atoms with Gasteiger partial charge in [0.2, 0.25) is 0 Å². The number of hydrogen-bond donors (Lipinski definition) is 1. The van der Waals surface area contributed by atoms with Crippen molar-refractivity contribution in [3.8, 4) is 5.75 Å². The number of ether oxygens (including phenoxy) is 1. The van der Waals surface area contributed by atoms with Crippen molar-refractivity contribution in [3.63, 3.8) is 0 Å². The first kappa shape index (κ1) is 12.1. The molecule has 0 aliphatic carbocycles. The van der Waals surface area contributed by atoms with Crippen LogP contribution in [0.1, 0.15) is 25.8 Å². The second-order valence-electron chi connectivity index (χ2n) is 4.17. The summed E-state index contributed by atoms with van der Waals surface area (Å²) >= 11 is 0. The van der Waals surface area contributed by atoms with Crippen molar-refractivity contribution in [2.75, 3.05) is 13.2 Å². The molecule has 0 aromatic heterocycles. The van der Waals surface area contributed by atoms with Crippen LogP contribution in [0, 0.1) is 5.92 Å². The zero-order valence-electron chi connectivity index (χ0n) is 9.57. The molecular formula is C13H20O2. The topological polar surface area (TPSA) is 29.5 Å². The maximum absolute atomic E-state index is 8.64. The standard InChI is InChI=1S/C13H20O2/c1-11(2)9-12-5-3-6-13(10-12)15-8-4-7-14/h3,5-6,10-11,14H,4,7-9H2,1-2H3. The Bertz CT molecular complexity index is 282. The minimum Gasteiger partial charge on any atom is -0.493 e. The van der Waals surface area contributed by atoms with Gasteiger partial charge in [-0.25, -0.2) is 0 Å². The molecule has 2 nitrogen and oxygen atoms in total. The maximum Gasteiger partial charge on any atom is 0.119 e. The molecule has 1 aromatic carbocycles. The number of benzene rings is 1. The van der Waals surface area contributed by atoms with E-state index < -0.39 is 0 Å². The van der Waals surface area contributed by atoms with Gasteiger partial charge in [-0.05, 0) is 30.0 Å².